The summed E-state index contributed by atoms with van der Waals surface area (Å²) < 4.78 is 33.3. The van der Waals surface area contributed by atoms with E-state index in [-0.39, 0.29) is 21.7 Å². The molecule has 30 heavy (non-hydrogen) atoms. The predicted octanol–water partition coefficient (Wildman–Crippen LogP) is 5.86. The van der Waals surface area contributed by atoms with E-state index in [9.17, 15) is 8.42 Å². The third-order valence-electron chi connectivity index (χ3n) is 4.57. The average Bonchev–Trinajstić information content (AvgIpc) is 3.19. The van der Waals surface area contributed by atoms with Crippen LogP contribution in [0.15, 0.2) is 97.7 Å². The van der Waals surface area contributed by atoms with Gasteiger partial charge in [0.2, 0.25) is 26.6 Å². The summed E-state index contributed by atoms with van der Waals surface area (Å²) in [6.07, 6.45) is 0. The fourth-order valence-corrected chi connectivity index (χ4v) is 4.47. The van der Waals surface area contributed by atoms with Gasteiger partial charge in [-0.15, -0.1) is 0 Å². The Hall–Kier alpha value is -2.90. The van der Waals surface area contributed by atoms with Gasteiger partial charge in [-0.25, -0.2) is 8.42 Å². The summed E-state index contributed by atoms with van der Waals surface area (Å²) in [5.41, 5.74) is 2.80. The number of rotatable bonds is 6. The molecular weight excluding hydrogens is 464 g/mol. The summed E-state index contributed by atoms with van der Waals surface area (Å²) in [5.74, 6) is 0.374. The van der Waals surface area contributed by atoms with Crippen LogP contribution in [0.1, 0.15) is 11.1 Å². The first-order chi connectivity index (χ1) is 14.4. The van der Waals surface area contributed by atoms with Crippen molar-refractivity contribution in [2.24, 2.45) is 0 Å². The molecule has 0 saturated carbocycles. The van der Waals surface area contributed by atoms with Crippen molar-refractivity contribution in [1.29, 1.82) is 0 Å². The maximum absolute atomic E-state index is 13.3. The van der Waals surface area contributed by atoms with E-state index in [1.807, 2.05) is 61.5 Å². The summed E-state index contributed by atoms with van der Waals surface area (Å²) in [4.78, 5) is 4.51. The molecule has 0 atom stereocenters. The van der Waals surface area contributed by atoms with Gasteiger partial charge < -0.3 is 9.73 Å². The van der Waals surface area contributed by atoms with Gasteiger partial charge in [0, 0.05) is 16.6 Å². The van der Waals surface area contributed by atoms with Crippen LogP contribution >= 0.6 is 15.9 Å². The number of benzene rings is 3. The van der Waals surface area contributed by atoms with Crippen molar-refractivity contribution in [3.05, 3.63) is 94.5 Å². The highest BCUT2D eigenvalue weighted by molar-refractivity contribution is 9.10. The summed E-state index contributed by atoms with van der Waals surface area (Å²) in [6.45, 7) is 2.39. The molecule has 5 nitrogen and oxygen atoms in total. The van der Waals surface area contributed by atoms with E-state index < -0.39 is 9.84 Å². The van der Waals surface area contributed by atoms with Crippen LogP contribution in [-0.2, 0) is 16.4 Å². The summed E-state index contributed by atoms with van der Waals surface area (Å²) >= 11 is 3.33. The smallest absolute Gasteiger partial charge is 0.234 e. The van der Waals surface area contributed by atoms with E-state index in [4.69, 9.17) is 4.42 Å². The van der Waals surface area contributed by atoms with Crippen molar-refractivity contribution in [2.45, 2.75) is 23.4 Å². The van der Waals surface area contributed by atoms with Crippen molar-refractivity contribution >= 4 is 31.7 Å². The molecule has 1 N–H and O–H groups in total. The van der Waals surface area contributed by atoms with E-state index in [2.05, 4.69) is 26.2 Å². The fraction of sp³-hybridized carbons (Fsp3) is 0.0870. The molecule has 0 aliphatic heterocycles. The molecule has 4 rings (SSSR count). The Bertz CT molecular complexity index is 1250. The zero-order chi connectivity index (χ0) is 21.1. The normalized spacial score (nSPS) is 11.4. The molecule has 0 bridgehead atoms. The summed E-state index contributed by atoms with van der Waals surface area (Å²) in [7, 11) is -3.87. The highest BCUT2D eigenvalue weighted by Crippen LogP contribution is 2.33. The minimum atomic E-state index is -3.87. The van der Waals surface area contributed by atoms with Crippen molar-refractivity contribution in [2.75, 3.05) is 5.32 Å². The Morgan fingerprint density at radius 3 is 2.27 bits per heavy atom. The quantitative estimate of drug-likeness (QED) is 0.372. The minimum Gasteiger partial charge on any atom is -0.419 e. The van der Waals surface area contributed by atoms with Gasteiger partial charge in [-0.05, 0) is 48.9 Å². The van der Waals surface area contributed by atoms with Crippen LogP contribution in [-0.4, -0.2) is 13.4 Å². The van der Waals surface area contributed by atoms with Crippen LogP contribution in [0.3, 0.4) is 0 Å². The number of oxazole rings is 1. The Balaban J connectivity index is 1.76. The zero-order valence-corrected chi connectivity index (χ0v) is 18.6. The van der Waals surface area contributed by atoms with E-state index in [1.54, 1.807) is 24.3 Å². The molecule has 0 unspecified atom stereocenters. The second kappa shape index (κ2) is 8.45. The molecule has 0 aliphatic rings. The largest absolute Gasteiger partial charge is 0.419 e. The first-order valence-corrected chi connectivity index (χ1v) is 11.6. The first-order valence-electron chi connectivity index (χ1n) is 9.30. The molecule has 0 aliphatic carbocycles. The maximum Gasteiger partial charge on any atom is 0.234 e. The number of anilines is 1. The molecule has 7 heteroatoms. The van der Waals surface area contributed by atoms with E-state index >= 15 is 0 Å². The van der Waals surface area contributed by atoms with Crippen molar-refractivity contribution in [3.63, 3.8) is 0 Å². The molecule has 0 spiro atoms. The zero-order valence-electron chi connectivity index (χ0n) is 16.2. The van der Waals surface area contributed by atoms with Gasteiger partial charge in [0.05, 0.1) is 4.90 Å². The number of hydrogen-bond acceptors (Lipinski definition) is 5. The lowest BCUT2D eigenvalue weighted by Crippen LogP contribution is -2.07. The third-order valence-corrected chi connectivity index (χ3v) is 6.78. The third kappa shape index (κ3) is 4.32. The number of hydrogen-bond donors (Lipinski definition) is 1. The molecule has 152 valence electrons. The standard InChI is InChI=1S/C23H19BrN2O3S/c1-16-7-9-18(10-8-16)21-26-23(30(27,28)20-13-11-19(24)12-14-20)22(29-21)25-15-17-5-3-2-4-6-17/h2-14,25H,15H2,1H3. The predicted molar refractivity (Wildman–Crippen MR) is 120 cm³/mol. The maximum atomic E-state index is 13.3. The topological polar surface area (TPSA) is 72.2 Å². The van der Waals surface area contributed by atoms with Crippen LogP contribution in [0, 0.1) is 6.92 Å². The van der Waals surface area contributed by atoms with E-state index in [0.717, 1.165) is 15.6 Å². The highest BCUT2D eigenvalue weighted by atomic mass is 79.9. The fourth-order valence-electron chi connectivity index (χ4n) is 2.92. The van der Waals surface area contributed by atoms with Gasteiger partial charge in [0.1, 0.15) is 0 Å². The van der Waals surface area contributed by atoms with Gasteiger partial charge in [-0.3, -0.25) is 0 Å². The number of aryl methyl sites for hydroxylation is 1. The minimum absolute atomic E-state index is 0.123. The Morgan fingerprint density at radius 1 is 0.933 bits per heavy atom. The van der Waals surface area contributed by atoms with Gasteiger partial charge in [0.25, 0.3) is 0 Å². The summed E-state index contributed by atoms with van der Waals surface area (Å²) in [5, 5.41) is 2.97. The SMILES string of the molecule is Cc1ccc(-c2nc(S(=O)(=O)c3ccc(Br)cc3)c(NCc3ccccc3)o2)cc1. The second-order valence-electron chi connectivity index (χ2n) is 6.82. The Morgan fingerprint density at radius 2 is 1.60 bits per heavy atom. The molecule has 1 aromatic heterocycles. The lowest BCUT2D eigenvalue weighted by atomic mass is 10.1. The number of aromatic nitrogens is 1. The first kappa shape index (κ1) is 20.4. The molecule has 0 saturated heterocycles. The Labute approximate surface area is 183 Å². The summed E-state index contributed by atoms with van der Waals surface area (Å²) in [6, 6.07) is 23.7. The van der Waals surface area contributed by atoms with Gasteiger partial charge >= 0.3 is 0 Å². The van der Waals surface area contributed by atoms with Crippen LogP contribution in [0.2, 0.25) is 0 Å². The van der Waals surface area contributed by atoms with Gasteiger partial charge in [0.15, 0.2) is 0 Å². The molecule has 3 aromatic carbocycles. The molecule has 0 radical (unpaired) electrons. The van der Waals surface area contributed by atoms with Gasteiger partial charge in [-0.2, -0.15) is 4.98 Å². The number of sulfone groups is 1. The van der Waals surface area contributed by atoms with Crippen molar-refractivity contribution in [1.82, 2.24) is 4.98 Å². The molecular formula is C23H19BrN2O3S. The van der Waals surface area contributed by atoms with E-state index in [1.165, 1.54) is 0 Å². The number of halogens is 1. The highest BCUT2D eigenvalue weighted by Gasteiger charge is 2.28. The van der Waals surface area contributed by atoms with Crippen LogP contribution in [0.5, 0.6) is 0 Å². The van der Waals surface area contributed by atoms with Crippen molar-refractivity contribution in [3.8, 4) is 11.5 Å². The van der Waals surface area contributed by atoms with Crippen LogP contribution in [0.4, 0.5) is 5.88 Å². The van der Waals surface area contributed by atoms with Crippen LogP contribution < -0.4 is 5.32 Å². The van der Waals surface area contributed by atoms with E-state index in [0.29, 0.717) is 12.1 Å². The van der Waals surface area contributed by atoms with Crippen molar-refractivity contribution < 1.29 is 12.8 Å². The molecule has 0 amide bonds. The monoisotopic (exact) mass is 482 g/mol. The average molecular weight is 483 g/mol. The Kier molecular flexibility index (Phi) is 5.74. The molecule has 4 aromatic rings. The van der Waals surface area contributed by atoms with Gasteiger partial charge in [-0.1, -0.05) is 64.0 Å². The van der Waals surface area contributed by atoms with Crippen LogP contribution in [0.25, 0.3) is 11.5 Å². The number of nitrogens with zero attached hydrogens (tertiary/aromatic N) is 1. The number of nitrogens with one attached hydrogen (secondary N) is 1. The second-order valence-corrected chi connectivity index (χ2v) is 9.60. The molecule has 1 heterocycles. The molecule has 0 fully saturated rings. The lowest BCUT2D eigenvalue weighted by Gasteiger charge is -2.06. The lowest BCUT2D eigenvalue weighted by molar-refractivity contribution is 0.576.